The Kier molecular flexibility index (Phi) is 63.7. The van der Waals surface area contributed by atoms with Crippen molar-refractivity contribution in [2.45, 2.75) is 394 Å². The summed E-state index contributed by atoms with van der Waals surface area (Å²) < 4.78 is 68.4. The Morgan fingerprint density at radius 2 is 0.500 bits per heavy atom. The zero-order valence-corrected chi connectivity index (χ0v) is 61.6. The number of hydrogen-bond acceptors (Lipinski definition) is 15. The van der Waals surface area contributed by atoms with Crippen LogP contribution >= 0.6 is 15.6 Å². The van der Waals surface area contributed by atoms with Crippen molar-refractivity contribution in [3.63, 3.8) is 0 Å². The summed E-state index contributed by atoms with van der Waals surface area (Å²) in [5, 5.41) is 10.6. The monoisotopic (exact) mass is 1350 g/mol. The summed E-state index contributed by atoms with van der Waals surface area (Å²) in [6.07, 6.45) is 51.3. The van der Waals surface area contributed by atoms with Gasteiger partial charge in [-0.15, -0.1) is 0 Å². The van der Waals surface area contributed by atoms with Gasteiger partial charge in [0.2, 0.25) is 0 Å². The minimum Gasteiger partial charge on any atom is -0.462 e. The van der Waals surface area contributed by atoms with Gasteiger partial charge >= 0.3 is 39.5 Å². The van der Waals surface area contributed by atoms with Crippen molar-refractivity contribution in [3.8, 4) is 0 Å². The summed E-state index contributed by atoms with van der Waals surface area (Å²) in [4.78, 5) is 72.7. The third-order valence-corrected chi connectivity index (χ3v) is 18.9. The van der Waals surface area contributed by atoms with E-state index in [-0.39, 0.29) is 25.7 Å². The Hall–Kier alpha value is -1.94. The lowest BCUT2D eigenvalue weighted by Gasteiger charge is -2.21. The molecule has 0 saturated heterocycles. The van der Waals surface area contributed by atoms with E-state index in [0.717, 1.165) is 102 Å². The van der Waals surface area contributed by atoms with E-state index < -0.39 is 97.5 Å². The second-order valence-electron chi connectivity index (χ2n) is 27.3. The average Bonchev–Trinajstić information content (AvgIpc) is 3.50. The molecular weight excluding hydrogens is 1210 g/mol. The first kappa shape index (κ1) is 90.1. The number of carbonyl (C=O) groups is 4. The van der Waals surface area contributed by atoms with Gasteiger partial charge in [0.05, 0.1) is 26.4 Å². The number of aliphatic hydroxyl groups excluding tert-OH is 1. The summed E-state index contributed by atoms with van der Waals surface area (Å²) in [5.41, 5.74) is 0. The van der Waals surface area contributed by atoms with Crippen molar-refractivity contribution >= 4 is 39.5 Å². The van der Waals surface area contributed by atoms with Crippen molar-refractivity contribution in [1.82, 2.24) is 0 Å². The molecule has 0 bridgehead atoms. The number of carbonyl (C=O) groups excluding carboxylic acids is 4. The van der Waals surface area contributed by atoms with Crippen LogP contribution in [0.25, 0.3) is 0 Å². The predicted molar refractivity (Wildman–Crippen MR) is 372 cm³/mol. The number of hydrogen-bond donors (Lipinski definition) is 3. The normalized spacial score (nSPS) is 14.1. The topological polar surface area (TPSA) is 237 Å². The lowest BCUT2D eigenvalue weighted by Crippen LogP contribution is -2.30. The summed E-state index contributed by atoms with van der Waals surface area (Å²) >= 11 is 0. The highest BCUT2D eigenvalue weighted by atomic mass is 31.2. The first-order chi connectivity index (χ1) is 44.4. The molecule has 0 aliphatic heterocycles. The number of esters is 4. The van der Waals surface area contributed by atoms with Crippen LogP contribution in [0.3, 0.4) is 0 Å². The third kappa shape index (κ3) is 66.7. The standard InChI is InChI=1S/C73H142O17P2/c1-7-9-11-13-15-17-19-21-25-28-32-36-43-49-55-70(75)83-61-68(89-72(77)58-52-46-38-34-30-26-22-24-27-31-35-41-47-53-65(3)4)63-87-91(79,80)85-59-67(74)60-86-92(81,82)88-64-69(62-84-71(76)56-50-44-40-39-42-48-54-66(5)6)90-73(78)57-51-45-37-33-29-23-20-18-16-14-12-10-8-2/h65-69,74H,7-64H2,1-6H3,(H,79,80)(H,81,82)/t67-,68-,69-/m1/s1. The zero-order valence-electron chi connectivity index (χ0n) is 59.9. The third-order valence-electron chi connectivity index (χ3n) is 17.0. The van der Waals surface area contributed by atoms with E-state index in [2.05, 4.69) is 41.5 Å². The van der Waals surface area contributed by atoms with Gasteiger partial charge in [0.15, 0.2) is 12.2 Å². The number of unbranched alkanes of at least 4 members (excludes halogenated alkanes) is 42. The summed E-state index contributed by atoms with van der Waals surface area (Å²) in [7, 11) is -9.90. The van der Waals surface area contributed by atoms with Crippen LogP contribution in [0.5, 0.6) is 0 Å². The zero-order chi connectivity index (χ0) is 67.9. The molecule has 0 spiro atoms. The first-order valence-corrected chi connectivity index (χ1v) is 41.0. The van der Waals surface area contributed by atoms with Crippen LogP contribution in [0.2, 0.25) is 0 Å². The molecule has 17 nitrogen and oxygen atoms in total. The summed E-state index contributed by atoms with van der Waals surface area (Å²) in [5.74, 6) is -0.653. The van der Waals surface area contributed by atoms with Gasteiger partial charge in [-0.3, -0.25) is 37.3 Å². The number of phosphoric acid groups is 2. The Bertz CT molecular complexity index is 1790. The van der Waals surface area contributed by atoms with Crippen LogP contribution < -0.4 is 0 Å². The molecular formula is C73H142O17P2. The van der Waals surface area contributed by atoms with Gasteiger partial charge in [-0.05, 0) is 37.5 Å². The maximum atomic E-state index is 13.1. The van der Waals surface area contributed by atoms with Crippen molar-refractivity contribution in [3.05, 3.63) is 0 Å². The molecule has 0 radical (unpaired) electrons. The van der Waals surface area contributed by atoms with Gasteiger partial charge in [-0.25, -0.2) is 9.13 Å². The number of rotatable bonds is 72. The van der Waals surface area contributed by atoms with Crippen LogP contribution in [-0.2, 0) is 65.4 Å². The van der Waals surface area contributed by atoms with Gasteiger partial charge in [0.1, 0.15) is 19.3 Å². The van der Waals surface area contributed by atoms with E-state index in [0.29, 0.717) is 31.6 Å². The van der Waals surface area contributed by atoms with Crippen LogP contribution in [0.15, 0.2) is 0 Å². The molecule has 0 heterocycles. The molecule has 0 aromatic carbocycles. The largest absolute Gasteiger partial charge is 0.472 e. The molecule has 3 N–H and O–H groups in total. The van der Waals surface area contributed by atoms with Gasteiger partial charge in [0, 0.05) is 25.7 Å². The average molecular weight is 1350 g/mol. The number of aliphatic hydroxyl groups is 1. The van der Waals surface area contributed by atoms with Gasteiger partial charge < -0.3 is 33.8 Å². The van der Waals surface area contributed by atoms with Gasteiger partial charge in [0.25, 0.3) is 0 Å². The van der Waals surface area contributed by atoms with Crippen molar-refractivity contribution in [2.24, 2.45) is 11.8 Å². The fourth-order valence-corrected chi connectivity index (χ4v) is 12.7. The van der Waals surface area contributed by atoms with Crippen LogP contribution in [-0.4, -0.2) is 96.7 Å². The van der Waals surface area contributed by atoms with Crippen LogP contribution in [0, 0.1) is 11.8 Å². The fraction of sp³-hybridized carbons (Fsp3) is 0.945. The minimum atomic E-state index is -4.95. The number of phosphoric ester groups is 2. The molecule has 0 aliphatic rings. The molecule has 0 rings (SSSR count). The van der Waals surface area contributed by atoms with Crippen molar-refractivity contribution < 1.29 is 80.2 Å². The molecule has 546 valence electrons. The first-order valence-electron chi connectivity index (χ1n) is 38.0. The second kappa shape index (κ2) is 65.0. The highest BCUT2D eigenvalue weighted by Crippen LogP contribution is 2.45. The maximum Gasteiger partial charge on any atom is 0.472 e. The molecule has 0 saturated carbocycles. The highest BCUT2D eigenvalue weighted by Gasteiger charge is 2.30. The maximum absolute atomic E-state index is 13.1. The van der Waals surface area contributed by atoms with Gasteiger partial charge in [-0.2, -0.15) is 0 Å². The van der Waals surface area contributed by atoms with E-state index in [1.54, 1.807) is 0 Å². The Balaban J connectivity index is 5.24. The molecule has 0 aromatic heterocycles. The van der Waals surface area contributed by atoms with E-state index in [1.165, 1.54) is 186 Å². The van der Waals surface area contributed by atoms with Crippen LogP contribution in [0.1, 0.15) is 375 Å². The lowest BCUT2D eigenvalue weighted by molar-refractivity contribution is -0.161. The van der Waals surface area contributed by atoms with E-state index in [1.807, 2.05) is 0 Å². The summed E-state index contributed by atoms with van der Waals surface area (Å²) in [6.45, 7) is 9.51. The molecule has 0 aliphatic carbocycles. The van der Waals surface area contributed by atoms with Crippen LogP contribution in [0.4, 0.5) is 0 Å². The van der Waals surface area contributed by atoms with E-state index in [9.17, 15) is 43.2 Å². The minimum absolute atomic E-state index is 0.107. The van der Waals surface area contributed by atoms with Gasteiger partial charge in [-0.1, -0.05) is 324 Å². The molecule has 2 unspecified atom stereocenters. The Morgan fingerprint density at radius 3 is 0.739 bits per heavy atom. The van der Waals surface area contributed by atoms with E-state index >= 15 is 0 Å². The van der Waals surface area contributed by atoms with Crippen molar-refractivity contribution in [1.29, 1.82) is 0 Å². The smallest absolute Gasteiger partial charge is 0.462 e. The predicted octanol–water partition coefficient (Wildman–Crippen LogP) is 21.2. The Labute approximate surface area is 562 Å². The van der Waals surface area contributed by atoms with E-state index in [4.69, 9.17) is 37.0 Å². The highest BCUT2D eigenvalue weighted by molar-refractivity contribution is 7.47. The fourth-order valence-electron chi connectivity index (χ4n) is 11.1. The lowest BCUT2D eigenvalue weighted by atomic mass is 10.0. The molecule has 92 heavy (non-hydrogen) atoms. The number of ether oxygens (including phenoxy) is 4. The molecule has 0 amide bonds. The molecule has 5 atom stereocenters. The molecule has 19 heteroatoms. The van der Waals surface area contributed by atoms with Crippen molar-refractivity contribution in [2.75, 3.05) is 39.6 Å². The Morgan fingerprint density at radius 1 is 0.293 bits per heavy atom. The second-order valence-corrected chi connectivity index (χ2v) is 30.2. The molecule has 0 fully saturated rings. The summed E-state index contributed by atoms with van der Waals surface area (Å²) in [6, 6.07) is 0. The quantitative estimate of drug-likeness (QED) is 0.0222. The SMILES string of the molecule is CCCCCCCCCCCCCCCCC(=O)OC[C@H](COP(=O)(O)OC[C@@H](O)COP(=O)(O)OC[C@@H](COC(=O)CCCCCCCCC(C)C)OC(=O)CCCCCCCCCCCCCCC)OC(=O)CCCCCCCCCCCCCCCC(C)C. The molecule has 0 aromatic rings.